The first-order chi connectivity index (χ1) is 17.3. The molecule has 7 atom stereocenters. The van der Waals surface area contributed by atoms with E-state index in [1.165, 1.54) is 0 Å². The summed E-state index contributed by atoms with van der Waals surface area (Å²) in [5, 5.41) is 0.200. The van der Waals surface area contributed by atoms with E-state index in [0.29, 0.717) is 0 Å². The maximum absolute atomic E-state index is 7.37. The lowest BCUT2D eigenvalue weighted by atomic mass is 9.88. The molecule has 39 heavy (non-hydrogen) atoms. The van der Waals surface area contributed by atoms with Crippen LogP contribution in [0.2, 0.25) is 54.4 Å². The smallest absolute Gasteiger partial charge is 0.193 e. The molecule has 2 aliphatic heterocycles. The zero-order valence-corrected chi connectivity index (χ0v) is 31.7. The molecule has 0 unspecified atom stereocenters. The van der Waals surface area contributed by atoms with E-state index in [9.17, 15) is 0 Å². The van der Waals surface area contributed by atoms with E-state index in [0.717, 1.165) is 12.8 Å². The maximum atomic E-state index is 7.37. The van der Waals surface area contributed by atoms with Gasteiger partial charge in [-0.3, -0.25) is 0 Å². The fourth-order valence-electron chi connectivity index (χ4n) is 4.56. The minimum absolute atomic E-state index is 0.0315. The second kappa shape index (κ2) is 12.1. The Kier molecular flexibility index (Phi) is 10.9. The first-order valence-corrected chi connectivity index (χ1v) is 24.0. The average Bonchev–Trinajstić information content (AvgIpc) is 2.72. The van der Waals surface area contributed by atoms with Gasteiger partial charge in [-0.2, -0.15) is 0 Å². The molecular formula is C31H64O5Si3. The Morgan fingerprint density at radius 1 is 0.692 bits per heavy atom. The van der Waals surface area contributed by atoms with Gasteiger partial charge in [0.05, 0.1) is 18.3 Å². The first kappa shape index (κ1) is 35.4. The van der Waals surface area contributed by atoms with E-state index in [4.69, 9.17) is 22.8 Å². The van der Waals surface area contributed by atoms with Crippen LogP contribution >= 0.6 is 0 Å². The quantitative estimate of drug-likeness (QED) is 0.205. The van der Waals surface area contributed by atoms with Crippen LogP contribution < -0.4 is 0 Å². The third kappa shape index (κ3) is 8.18. The number of rotatable bonds is 8. The molecule has 0 aromatic rings. The summed E-state index contributed by atoms with van der Waals surface area (Å²) in [6.07, 6.45) is 5.31. The zero-order valence-electron chi connectivity index (χ0n) is 28.7. The van der Waals surface area contributed by atoms with Crippen LogP contribution in [0.4, 0.5) is 0 Å². The van der Waals surface area contributed by atoms with Crippen molar-refractivity contribution in [1.29, 1.82) is 0 Å². The van der Waals surface area contributed by atoms with Crippen LogP contribution in [-0.4, -0.2) is 67.7 Å². The van der Waals surface area contributed by atoms with Crippen LogP contribution in [0.5, 0.6) is 0 Å². The van der Waals surface area contributed by atoms with Gasteiger partial charge in [-0.1, -0.05) is 74.5 Å². The highest BCUT2D eigenvalue weighted by Crippen LogP contribution is 2.46. The molecule has 0 amide bonds. The van der Waals surface area contributed by atoms with Crippen LogP contribution in [0.3, 0.4) is 0 Å². The summed E-state index contributed by atoms with van der Waals surface area (Å²) in [6.45, 7) is 39.0. The van der Waals surface area contributed by atoms with Crippen molar-refractivity contribution in [2.75, 3.05) is 0 Å². The molecule has 0 aliphatic carbocycles. The monoisotopic (exact) mass is 600 g/mol. The van der Waals surface area contributed by atoms with Gasteiger partial charge in [-0.25, -0.2) is 0 Å². The zero-order chi connectivity index (χ0) is 30.4. The highest BCUT2D eigenvalue weighted by atomic mass is 28.4. The van der Waals surface area contributed by atoms with Gasteiger partial charge in [-0.05, 0) is 81.1 Å². The Morgan fingerprint density at radius 2 is 1.15 bits per heavy atom. The first-order valence-electron chi connectivity index (χ1n) is 15.3. The molecule has 2 saturated heterocycles. The van der Waals surface area contributed by atoms with Crippen molar-refractivity contribution in [3.8, 4) is 0 Å². The summed E-state index contributed by atoms with van der Waals surface area (Å²) in [7, 11) is -6.47. The van der Waals surface area contributed by atoms with Crippen molar-refractivity contribution < 1.29 is 22.8 Å². The lowest BCUT2D eigenvalue weighted by Gasteiger charge is -2.56. The Labute approximate surface area is 245 Å². The van der Waals surface area contributed by atoms with Crippen LogP contribution in [0.1, 0.15) is 89.0 Å². The molecule has 2 rings (SSSR count). The summed E-state index contributed by atoms with van der Waals surface area (Å²) in [5.41, 5.74) is 0. The minimum atomic E-state index is -2.20. The maximum Gasteiger partial charge on any atom is 0.193 e. The predicted molar refractivity (Wildman–Crippen MR) is 173 cm³/mol. The molecule has 2 aliphatic rings. The molecule has 230 valence electrons. The molecule has 0 aromatic heterocycles. The second-order valence-electron chi connectivity index (χ2n) is 16.7. The van der Waals surface area contributed by atoms with Crippen molar-refractivity contribution in [3.63, 3.8) is 0 Å². The summed E-state index contributed by atoms with van der Waals surface area (Å²) in [5.74, 6) is 0. The molecule has 0 bridgehead atoms. The molecule has 0 spiro atoms. The van der Waals surface area contributed by atoms with Crippen LogP contribution in [0.25, 0.3) is 0 Å². The Bertz CT molecular complexity index is 835. The Hall–Kier alpha value is 0.191. The third-order valence-corrected chi connectivity index (χ3v) is 23.8. The number of fused-ring (bicyclic) bond motifs is 1. The Balaban J connectivity index is 2.71. The van der Waals surface area contributed by atoms with Gasteiger partial charge in [-0.15, -0.1) is 0 Å². The fraction of sp³-hybridized carbons (Fsp3) is 0.935. The Morgan fingerprint density at radius 3 is 1.59 bits per heavy atom. The van der Waals surface area contributed by atoms with Crippen molar-refractivity contribution in [3.05, 3.63) is 12.2 Å². The van der Waals surface area contributed by atoms with Crippen molar-refractivity contribution in [2.24, 2.45) is 0 Å². The van der Waals surface area contributed by atoms with Crippen molar-refractivity contribution >= 4 is 25.0 Å². The fourth-order valence-corrected chi connectivity index (χ4v) is 8.41. The van der Waals surface area contributed by atoms with Gasteiger partial charge in [0.1, 0.15) is 24.4 Å². The average molecular weight is 601 g/mol. The molecule has 2 fully saturated rings. The van der Waals surface area contributed by atoms with Gasteiger partial charge in [0.25, 0.3) is 0 Å². The van der Waals surface area contributed by atoms with E-state index in [1.54, 1.807) is 0 Å². The molecule has 8 heteroatoms. The number of hydrogen-bond donors (Lipinski definition) is 0. The highest BCUT2D eigenvalue weighted by Gasteiger charge is 2.57. The molecule has 2 heterocycles. The summed E-state index contributed by atoms with van der Waals surface area (Å²) < 4.78 is 35.6. The summed E-state index contributed by atoms with van der Waals surface area (Å²) in [6, 6.07) is 0. The number of hydrogen-bond acceptors (Lipinski definition) is 5. The van der Waals surface area contributed by atoms with E-state index in [1.807, 2.05) is 0 Å². The normalized spacial score (nSPS) is 30.9. The minimum Gasteiger partial charge on any atom is -0.408 e. The van der Waals surface area contributed by atoms with Gasteiger partial charge in [0, 0.05) is 0 Å². The summed E-state index contributed by atoms with van der Waals surface area (Å²) in [4.78, 5) is 0. The van der Waals surface area contributed by atoms with Gasteiger partial charge < -0.3 is 22.8 Å². The molecule has 0 aromatic carbocycles. The van der Waals surface area contributed by atoms with Crippen molar-refractivity contribution in [2.45, 2.75) is 186 Å². The molecule has 0 radical (unpaired) electrons. The molecule has 5 nitrogen and oxygen atoms in total. The largest absolute Gasteiger partial charge is 0.408 e. The van der Waals surface area contributed by atoms with Crippen LogP contribution in [-0.2, 0) is 22.8 Å². The predicted octanol–water partition coefficient (Wildman–Crippen LogP) is 9.07. The lowest BCUT2D eigenvalue weighted by molar-refractivity contribution is -0.264. The van der Waals surface area contributed by atoms with Crippen LogP contribution in [0, 0.1) is 0 Å². The number of ether oxygens (including phenoxy) is 2. The third-order valence-electron chi connectivity index (χ3n) is 10.3. The molecule has 0 saturated carbocycles. The van der Waals surface area contributed by atoms with Crippen molar-refractivity contribution in [1.82, 2.24) is 0 Å². The summed E-state index contributed by atoms with van der Waals surface area (Å²) >= 11 is 0. The van der Waals surface area contributed by atoms with E-state index < -0.39 is 25.0 Å². The molecule has 0 N–H and O–H groups in total. The second-order valence-corrected chi connectivity index (χ2v) is 31.0. The standard InChI is InChI=1S/C31H64O5Si3/c1-18-19-24(34-37(12,13)29(3,4)5)26-28(36-39(16,17)31(9,10)11)27(35-38(14,15)30(6,7)8)25-23(33-26)21-20-22(2)32-25/h18-19,22-28H,20-21H2,1-17H3/b19-18+/t22-,23-,24-,25-,26-,27-,28+/m0/s1. The topological polar surface area (TPSA) is 46.2 Å². The van der Waals surface area contributed by atoms with E-state index in [-0.39, 0.29) is 57.8 Å². The SMILES string of the molecule is C/C=C/[C@H](O[Si](C)(C)C(C)(C)C)[C@@H]1O[C@H]2CC[C@H](C)O[C@@H]2[C@H](O[Si](C)(C)C(C)(C)C)[C@@H]1O[Si](C)(C)C(C)(C)C. The van der Waals surface area contributed by atoms with Crippen LogP contribution in [0.15, 0.2) is 12.2 Å². The van der Waals surface area contributed by atoms with E-state index >= 15 is 0 Å². The number of allylic oxidation sites excluding steroid dienone is 1. The highest BCUT2D eigenvalue weighted by molar-refractivity contribution is 6.75. The van der Waals surface area contributed by atoms with E-state index in [2.05, 4.69) is 128 Å². The molecular weight excluding hydrogens is 537 g/mol. The van der Waals surface area contributed by atoms with Gasteiger partial charge in [0.15, 0.2) is 25.0 Å². The van der Waals surface area contributed by atoms with Gasteiger partial charge >= 0.3 is 0 Å². The van der Waals surface area contributed by atoms with Gasteiger partial charge in [0.2, 0.25) is 0 Å². The lowest BCUT2D eigenvalue weighted by Crippen LogP contribution is -2.69.